The predicted octanol–water partition coefficient (Wildman–Crippen LogP) is -0.172. The van der Waals surface area contributed by atoms with Crippen LogP contribution in [0.25, 0.3) is 0 Å². The highest BCUT2D eigenvalue weighted by molar-refractivity contribution is 5.76. The Morgan fingerprint density at radius 2 is 2.25 bits per heavy atom. The Hall–Kier alpha value is -1.12. The molecule has 1 unspecified atom stereocenters. The average molecular weight is 224 g/mol. The Bertz CT molecular complexity index is 268. The number of nitrogens with two attached hydrogens (primary N) is 1. The summed E-state index contributed by atoms with van der Waals surface area (Å²) in [6.07, 6.45) is 2.69. The fourth-order valence-electron chi connectivity index (χ4n) is 2.21. The molecular weight excluding hydrogens is 204 g/mol. The van der Waals surface area contributed by atoms with E-state index in [1.165, 1.54) is 0 Å². The third-order valence-corrected chi connectivity index (χ3v) is 3.05. The summed E-state index contributed by atoms with van der Waals surface area (Å²) in [5.41, 5.74) is 5.24. The first-order valence-electron chi connectivity index (χ1n) is 5.83. The molecule has 3 N–H and O–H groups in total. The first-order valence-corrected chi connectivity index (χ1v) is 5.83. The van der Waals surface area contributed by atoms with Gasteiger partial charge in [0.15, 0.2) is 0 Å². The molecule has 1 aliphatic rings. The summed E-state index contributed by atoms with van der Waals surface area (Å²) < 4.78 is 0. The summed E-state index contributed by atoms with van der Waals surface area (Å²) in [4.78, 5) is 13.0. The molecule has 0 bridgehead atoms. The summed E-state index contributed by atoms with van der Waals surface area (Å²) in [7, 11) is 0. The van der Waals surface area contributed by atoms with Gasteiger partial charge in [0.2, 0.25) is 5.91 Å². The first-order chi connectivity index (χ1) is 7.69. The molecule has 0 aromatic rings. The minimum Gasteiger partial charge on any atom is -0.369 e. The second-order valence-corrected chi connectivity index (χ2v) is 4.17. The third-order valence-electron chi connectivity index (χ3n) is 3.05. The van der Waals surface area contributed by atoms with E-state index < -0.39 is 0 Å². The van der Waals surface area contributed by atoms with E-state index in [1.807, 2.05) is 11.8 Å². The normalized spacial score (nSPS) is 19.3. The van der Waals surface area contributed by atoms with Crippen molar-refractivity contribution in [1.29, 1.82) is 5.26 Å². The number of carbonyl (C=O) groups is 1. The number of piperidine rings is 1. The molecule has 0 saturated carbocycles. The molecule has 1 rings (SSSR count). The monoisotopic (exact) mass is 224 g/mol. The topological polar surface area (TPSA) is 82.2 Å². The third kappa shape index (κ3) is 3.47. The van der Waals surface area contributed by atoms with Crippen molar-refractivity contribution in [3.05, 3.63) is 0 Å². The molecule has 1 atom stereocenters. The van der Waals surface area contributed by atoms with Gasteiger partial charge in [-0.1, -0.05) is 6.92 Å². The smallest absolute Gasteiger partial charge is 0.231 e. The van der Waals surface area contributed by atoms with E-state index in [4.69, 9.17) is 11.0 Å². The fourth-order valence-corrected chi connectivity index (χ4v) is 2.21. The van der Waals surface area contributed by atoms with Crippen molar-refractivity contribution in [3.8, 4) is 6.07 Å². The molecule has 0 aliphatic carbocycles. The van der Waals surface area contributed by atoms with Gasteiger partial charge >= 0.3 is 0 Å². The van der Waals surface area contributed by atoms with Crippen LogP contribution in [-0.4, -0.2) is 42.5 Å². The molecule has 0 radical (unpaired) electrons. The molecule has 5 nitrogen and oxygen atoms in total. The molecule has 5 heteroatoms. The van der Waals surface area contributed by atoms with Gasteiger partial charge in [-0.05, 0) is 32.4 Å². The van der Waals surface area contributed by atoms with Crippen LogP contribution in [0.2, 0.25) is 0 Å². The quantitative estimate of drug-likeness (QED) is 0.679. The van der Waals surface area contributed by atoms with Crippen molar-refractivity contribution in [2.75, 3.05) is 19.6 Å². The lowest BCUT2D eigenvalue weighted by molar-refractivity contribution is -0.120. The van der Waals surface area contributed by atoms with Crippen LogP contribution in [0.1, 0.15) is 26.2 Å². The average Bonchev–Trinajstić information content (AvgIpc) is 2.30. The molecule has 1 fully saturated rings. The minimum atomic E-state index is -0.354. The highest BCUT2D eigenvalue weighted by atomic mass is 16.1. The van der Waals surface area contributed by atoms with E-state index in [2.05, 4.69) is 11.4 Å². The van der Waals surface area contributed by atoms with Gasteiger partial charge in [-0.2, -0.15) is 5.26 Å². The summed E-state index contributed by atoms with van der Waals surface area (Å²) in [5.74, 6) is -0.354. The van der Waals surface area contributed by atoms with E-state index in [0.29, 0.717) is 6.04 Å². The highest BCUT2D eigenvalue weighted by Gasteiger charge is 2.27. The summed E-state index contributed by atoms with van der Waals surface area (Å²) in [6, 6.07) is 2.36. The van der Waals surface area contributed by atoms with Crippen LogP contribution < -0.4 is 11.1 Å². The maximum Gasteiger partial charge on any atom is 0.231 e. The molecule has 0 spiro atoms. The van der Waals surface area contributed by atoms with Crippen LogP contribution >= 0.6 is 0 Å². The van der Waals surface area contributed by atoms with Crippen molar-refractivity contribution in [1.82, 2.24) is 10.2 Å². The second kappa shape index (κ2) is 6.46. The second-order valence-electron chi connectivity index (χ2n) is 4.17. The summed E-state index contributed by atoms with van der Waals surface area (Å²) in [6.45, 7) is 4.04. The first kappa shape index (κ1) is 12.9. The minimum absolute atomic E-state index is 0.191. The molecule has 0 aromatic carbocycles. The lowest BCUT2D eigenvalue weighted by Crippen LogP contribution is -2.50. The van der Waals surface area contributed by atoms with Gasteiger partial charge in [-0.15, -0.1) is 0 Å². The van der Waals surface area contributed by atoms with Crippen LogP contribution in [0.15, 0.2) is 0 Å². The summed E-state index contributed by atoms with van der Waals surface area (Å²) in [5, 5.41) is 12.4. The van der Waals surface area contributed by atoms with Gasteiger partial charge in [0.25, 0.3) is 0 Å². The van der Waals surface area contributed by atoms with Crippen LogP contribution in [0, 0.1) is 11.3 Å². The van der Waals surface area contributed by atoms with Crippen LogP contribution in [0.5, 0.6) is 0 Å². The largest absolute Gasteiger partial charge is 0.369 e. The zero-order valence-corrected chi connectivity index (χ0v) is 9.78. The Balaban J connectivity index is 2.68. The molecule has 1 amide bonds. The fraction of sp³-hybridized carbons (Fsp3) is 0.818. The highest BCUT2D eigenvalue weighted by Crippen LogP contribution is 2.16. The number of hydrogen-bond acceptors (Lipinski definition) is 4. The van der Waals surface area contributed by atoms with Gasteiger partial charge in [0.1, 0.15) is 0 Å². The molecule has 1 aliphatic heterocycles. The van der Waals surface area contributed by atoms with E-state index in [9.17, 15) is 4.79 Å². The van der Waals surface area contributed by atoms with Crippen LogP contribution in [0.4, 0.5) is 0 Å². The molecule has 16 heavy (non-hydrogen) atoms. The number of carbonyl (C=O) groups excluding carboxylic acids is 1. The van der Waals surface area contributed by atoms with Gasteiger partial charge in [-0.25, -0.2) is 0 Å². The van der Waals surface area contributed by atoms with Crippen LogP contribution in [-0.2, 0) is 4.79 Å². The van der Waals surface area contributed by atoms with Crippen molar-refractivity contribution >= 4 is 5.91 Å². The standard InChI is InChI=1S/C11H20N4O/c1-2-9(7-12)15(8-11(13)16)10-3-5-14-6-4-10/h9-10,14H,2-6,8H2,1H3,(H2,13,16). The maximum absolute atomic E-state index is 11.0. The Kier molecular flexibility index (Phi) is 5.23. The number of nitrogens with one attached hydrogen (secondary N) is 1. The molecular formula is C11H20N4O. The van der Waals surface area contributed by atoms with Crippen molar-refractivity contribution in [3.63, 3.8) is 0 Å². The molecule has 1 saturated heterocycles. The number of primary amides is 1. The summed E-state index contributed by atoms with van der Waals surface area (Å²) >= 11 is 0. The van der Waals surface area contributed by atoms with Crippen LogP contribution in [0.3, 0.4) is 0 Å². The zero-order chi connectivity index (χ0) is 12.0. The lowest BCUT2D eigenvalue weighted by atomic mass is 10.0. The van der Waals surface area contributed by atoms with Gasteiger partial charge < -0.3 is 11.1 Å². The van der Waals surface area contributed by atoms with Gasteiger partial charge in [-0.3, -0.25) is 9.69 Å². The zero-order valence-electron chi connectivity index (χ0n) is 9.78. The molecule has 90 valence electrons. The van der Waals surface area contributed by atoms with E-state index in [0.717, 1.165) is 32.4 Å². The predicted molar refractivity (Wildman–Crippen MR) is 61.5 cm³/mol. The maximum atomic E-state index is 11.0. The molecule has 1 heterocycles. The number of nitrogens with zero attached hydrogens (tertiary/aromatic N) is 2. The molecule has 0 aromatic heterocycles. The van der Waals surface area contributed by atoms with Crippen molar-refractivity contribution in [2.45, 2.75) is 38.3 Å². The van der Waals surface area contributed by atoms with E-state index >= 15 is 0 Å². The van der Waals surface area contributed by atoms with Gasteiger partial charge in [0, 0.05) is 6.04 Å². The Morgan fingerprint density at radius 1 is 1.62 bits per heavy atom. The SMILES string of the molecule is CCC(C#N)N(CC(N)=O)C1CCNCC1. The number of rotatable bonds is 5. The number of amides is 1. The Morgan fingerprint density at radius 3 is 2.69 bits per heavy atom. The number of hydrogen-bond donors (Lipinski definition) is 2. The number of nitriles is 1. The van der Waals surface area contributed by atoms with Crippen molar-refractivity contribution < 1.29 is 4.79 Å². The lowest BCUT2D eigenvalue weighted by Gasteiger charge is -2.36. The Labute approximate surface area is 96.6 Å². The van der Waals surface area contributed by atoms with Crippen molar-refractivity contribution in [2.24, 2.45) is 5.73 Å². The van der Waals surface area contributed by atoms with E-state index in [1.54, 1.807) is 0 Å². The van der Waals surface area contributed by atoms with Gasteiger partial charge in [0.05, 0.1) is 18.7 Å². The van der Waals surface area contributed by atoms with E-state index in [-0.39, 0.29) is 18.5 Å².